The third-order valence-corrected chi connectivity index (χ3v) is 4.19. The largest absolute Gasteiger partial charge is 0.339 e. The van der Waals surface area contributed by atoms with Crippen molar-refractivity contribution >= 4 is 15.9 Å². The molecule has 2 atom stereocenters. The second-order valence-electron chi connectivity index (χ2n) is 5.21. The summed E-state index contributed by atoms with van der Waals surface area (Å²) in [4.78, 5) is 4.55. The van der Waals surface area contributed by atoms with Gasteiger partial charge in [0.15, 0.2) is 5.82 Å². The molecule has 0 saturated carbocycles. The van der Waals surface area contributed by atoms with E-state index in [0.717, 1.165) is 29.2 Å². The summed E-state index contributed by atoms with van der Waals surface area (Å²) in [7, 11) is 0. The van der Waals surface area contributed by atoms with Gasteiger partial charge in [0.25, 0.3) is 0 Å². The monoisotopic (exact) mass is 351 g/mol. The fraction of sp³-hybridized carbons (Fsp3) is 0.500. The molecular formula is C16H22BrN3O. The molecule has 1 heterocycles. The first-order chi connectivity index (χ1) is 10.1. The van der Waals surface area contributed by atoms with Crippen LogP contribution in [0.2, 0.25) is 0 Å². The molecule has 2 aromatic rings. The van der Waals surface area contributed by atoms with Gasteiger partial charge in [-0.15, -0.1) is 0 Å². The molecule has 2 rings (SSSR count). The average Bonchev–Trinajstić information content (AvgIpc) is 2.95. The van der Waals surface area contributed by atoms with Gasteiger partial charge in [0.2, 0.25) is 5.89 Å². The Morgan fingerprint density at radius 3 is 2.57 bits per heavy atom. The van der Waals surface area contributed by atoms with Crippen LogP contribution >= 0.6 is 15.9 Å². The minimum Gasteiger partial charge on any atom is -0.339 e. The summed E-state index contributed by atoms with van der Waals surface area (Å²) in [6, 6.07) is 8.55. The Balaban J connectivity index is 2.05. The van der Waals surface area contributed by atoms with E-state index in [4.69, 9.17) is 4.52 Å². The maximum absolute atomic E-state index is 5.44. The van der Waals surface area contributed by atoms with E-state index in [2.05, 4.69) is 64.3 Å². The SMILES string of the molecule is CCNC(CC)C(C)c1nc(Cc2ccc(Br)cc2)no1. The van der Waals surface area contributed by atoms with Crippen LogP contribution in [-0.4, -0.2) is 22.7 Å². The number of aromatic nitrogens is 2. The smallest absolute Gasteiger partial charge is 0.231 e. The highest BCUT2D eigenvalue weighted by Crippen LogP contribution is 2.20. The summed E-state index contributed by atoms with van der Waals surface area (Å²) >= 11 is 3.44. The van der Waals surface area contributed by atoms with Crippen molar-refractivity contribution in [3.05, 3.63) is 46.0 Å². The Morgan fingerprint density at radius 2 is 1.95 bits per heavy atom. The zero-order valence-corrected chi connectivity index (χ0v) is 14.4. The Labute approximate surface area is 134 Å². The second-order valence-corrected chi connectivity index (χ2v) is 6.13. The fourth-order valence-electron chi connectivity index (χ4n) is 2.42. The molecule has 114 valence electrons. The van der Waals surface area contributed by atoms with Gasteiger partial charge in [0.1, 0.15) is 0 Å². The highest BCUT2D eigenvalue weighted by Gasteiger charge is 2.22. The molecule has 0 radical (unpaired) electrons. The minimum absolute atomic E-state index is 0.223. The topological polar surface area (TPSA) is 51.0 Å². The van der Waals surface area contributed by atoms with Crippen LogP contribution in [-0.2, 0) is 6.42 Å². The van der Waals surface area contributed by atoms with Gasteiger partial charge >= 0.3 is 0 Å². The van der Waals surface area contributed by atoms with Crippen molar-refractivity contribution in [3.8, 4) is 0 Å². The van der Waals surface area contributed by atoms with Crippen molar-refractivity contribution < 1.29 is 4.52 Å². The van der Waals surface area contributed by atoms with E-state index in [9.17, 15) is 0 Å². The first-order valence-electron chi connectivity index (χ1n) is 7.44. The third kappa shape index (κ3) is 4.38. The Bertz CT molecular complexity index is 553. The summed E-state index contributed by atoms with van der Waals surface area (Å²) in [6.07, 6.45) is 1.74. The highest BCUT2D eigenvalue weighted by molar-refractivity contribution is 9.10. The first kappa shape index (κ1) is 16.2. The van der Waals surface area contributed by atoms with Gasteiger partial charge in [-0.1, -0.05) is 54.0 Å². The molecule has 0 amide bonds. The molecule has 0 aliphatic heterocycles. The van der Waals surface area contributed by atoms with Gasteiger partial charge in [-0.25, -0.2) is 0 Å². The number of hydrogen-bond donors (Lipinski definition) is 1. The highest BCUT2D eigenvalue weighted by atomic mass is 79.9. The van der Waals surface area contributed by atoms with Crippen molar-refractivity contribution in [1.29, 1.82) is 0 Å². The van der Waals surface area contributed by atoms with Gasteiger partial charge in [0.05, 0.1) is 5.92 Å². The van der Waals surface area contributed by atoms with Crippen molar-refractivity contribution in [2.24, 2.45) is 0 Å². The van der Waals surface area contributed by atoms with E-state index in [1.165, 1.54) is 5.56 Å². The molecule has 0 aliphatic carbocycles. The van der Waals surface area contributed by atoms with Crippen molar-refractivity contribution in [2.75, 3.05) is 6.54 Å². The van der Waals surface area contributed by atoms with Crippen LogP contribution in [0.3, 0.4) is 0 Å². The van der Waals surface area contributed by atoms with Gasteiger partial charge < -0.3 is 9.84 Å². The van der Waals surface area contributed by atoms with Crippen LogP contribution < -0.4 is 5.32 Å². The fourth-order valence-corrected chi connectivity index (χ4v) is 2.68. The van der Waals surface area contributed by atoms with Gasteiger partial charge in [-0.2, -0.15) is 4.98 Å². The molecule has 4 nitrogen and oxygen atoms in total. The molecule has 1 aromatic heterocycles. The molecule has 0 aliphatic rings. The van der Waals surface area contributed by atoms with Crippen LogP contribution in [0, 0.1) is 0 Å². The minimum atomic E-state index is 0.223. The van der Waals surface area contributed by atoms with Crippen molar-refractivity contribution in [3.63, 3.8) is 0 Å². The van der Waals surface area contributed by atoms with Crippen LogP contribution in [0.15, 0.2) is 33.3 Å². The lowest BCUT2D eigenvalue weighted by Gasteiger charge is -2.20. The second kappa shape index (κ2) is 7.71. The molecule has 5 heteroatoms. The van der Waals surface area contributed by atoms with E-state index >= 15 is 0 Å². The standard InChI is InChI=1S/C16H22BrN3O/c1-4-14(18-5-2)11(3)16-19-15(20-21-16)10-12-6-8-13(17)9-7-12/h6-9,11,14,18H,4-5,10H2,1-3H3. The normalized spacial score (nSPS) is 14.1. The molecule has 2 unspecified atom stereocenters. The molecule has 0 bridgehead atoms. The Hall–Kier alpha value is -1.20. The van der Waals surface area contributed by atoms with Crippen LogP contribution in [0.25, 0.3) is 0 Å². The summed E-state index contributed by atoms with van der Waals surface area (Å²) in [5.74, 6) is 1.68. The lowest BCUT2D eigenvalue weighted by molar-refractivity contribution is 0.319. The maximum atomic E-state index is 5.44. The van der Waals surface area contributed by atoms with Crippen LogP contribution in [0.1, 0.15) is 50.4 Å². The number of nitrogens with one attached hydrogen (secondary N) is 1. The summed E-state index contributed by atoms with van der Waals surface area (Å²) in [5, 5.41) is 7.57. The Morgan fingerprint density at radius 1 is 1.24 bits per heavy atom. The van der Waals surface area contributed by atoms with E-state index in [1.807, 2.05) is 12.1 Å². The first-order valence-corrected chi connectivity index (χ1v) is 8.23. The molecular weight excluding hydrogens is 330 g/mol. The van der Waals surface area contributed by atoms with Gasteiger partial charge in [-0.05, 0) is 30.7 Å². The lowest BCUT2D eigenvalue weighted by atomic mass is 9.99. The number of benzene rings is 1. The number of halogens is 1. The summed E-state index contributed by atoms with van der Waals surface area (Å²) in [5.41, 5.74) is 1.18. The third-order valence-electron chi connectivity index (χ3n) is 3.66. The van der Waals surface area contributed by atoms with Crippen LogP contribution in [0.4, 0.5) is 0 Å². The maximum Gasteiger partial charge on any atom is 0.231 e. The predicted octanol–water partition coefficient (Wildman–Crippen LogP) is 3.91. The van der Waals surface area contributed by atoms with Gasteiger partial charge in [-0.3, -0.25) is 0 Å². The molecule has 21 heavy (non-hydrogen) atoms. The summed E-state index contributed by atoms with van der Waals surface area (Å²) < 4.78 is 6.52. The molecule has 0 saturated heterocycles. The zero-order chi connectivity index (χ0) is 15.2. The van der Waals surface area contributed by atoms with E-state index in [-0.39, 0.29) is 5.92 Å². The number of rotatable bonds is 7. The molecule has 1 N–H and O–H groups in total. The quantitative estimate of drug-likeness (QED) is 0.821. The van der Waals surface area contributed by atoms with E-state index < -0.39 is 0 Å². The predicted molar refractivity (Wildman–Crippen MR) is 87.4 cm³/mol. The number of hydrogen-bond acceptors (Lipinski definition) is 4. The number of likely N-dealkylation sites (N-methyl/N-ethyl adjacent to an activating group) is 1. The lowest BCUT2D eigenvalue weighted by Crippen LogP contribution is -2.33. The summed E-state index contributed by atoms with van der Waals surface area (Å²) in [6.45, 7) is 7.36. The van der Waals surface area contributed by atoms with Crippen LogP contribution in [0.5, 0.6) is 0 Å². The van der Waals surface area contributed by atoms with Gasteiger partial charge in [0, 0.05) is 16.9 Å². The number of nitrogens with zero attached hydrogens (tertiary/aromatic N) is 2. The molecule has 0 fully saturated rings. The van der Waals surface area contributed by atoms with E-state index in [1.54, 1.807) is 0 Å². The van der Waals surface area contributed by atoms with Crippen molar-refractivity contribution in [2.45, 2.75) is 45.6 Å². The molecule has 1 aromatic carbocycles. The van der Waals surface area contributed by atoms with Crippen molar-refractivity contribution in [1.82, 2.24) is 15.5 Å². The van der Waals surface area contributed by atoms with E-state index in [0.29, 0.717) is 12.5 Å². The molecule has 0 spiro atoms. The Kier molecular flexibility index (Phi) is 5.94. The average molecular weight is 352 g/mol. The zero-order valence-electron chi connectivity index (χ0n) is 12.8.